The second-order valence-electron chi connectivity index (χ2n) is 6.90. The molecule has 0 aliphatic heterocycles. The Bertz CT molecular complexity index is 1140. The minimum atomic E-state index is -4.67. The van der Waals surface area contributed by atoms with Crippen molar-refractivity contribution in [3.8, 4) is 22.8 Å². The maximum absolute atomic E-state index is 13.9. The van der Waals surface area contributed by atoms with Crippen molar-refractivity contribution in [1.29, 1.82) is 0 Å². The molecule has 1 aromatic carbocycles. The van der Waals surface area contributed by atoms with Crippen molar-refractivity contribution in [3.63, 3.8) is 0 Å². The van der Waals surface area contributed by atoms with Crippen LogP contribution in [0.1, 0.15) is 28.1 Å². The third-order valence-electron chi connectivity index (χ3n) is 4.80. The molecule has 6 nitrogen and oxygen atoms in total. The minimum absolute atomic E-state index is 0.0411. The summed E-state index contributed by atoms with van der Waals surface area (Å²) in [5, 5.41) is 2.50. The van der Waals surface area contributed by atoms with E-state index in [0.29, 0.717) is 17.1 Å². The van der Waals surface area contributed by atoms with Crippen molar-refractivity contribution in [2.45, 2.75) is 25.1 Å². The number of amides is 1. The van der Waals surface area contributed by atoms with E-state index in [1.807, 2.05) is 0 Å². The van der Waals surface area contributed by atoms with Crippen molar-refractivity contribution in [2.24, 2.45) is 0 Å². The summed E-state index contributed by atoms with van der Waals surface area (Å²) in [6, 6.07) is 5.72. The molecule has 0 atom stereocenters. The van der Waals surface area contributed by atoms with Crippen LogP contribution in [0.15, 0.2) is 24.3 Å². The summed E-state index contributed by atoms with van der Waals surface area (Å²) in [5.41, 5.74) is 5.35. The number of methoxy groups -OCH3 is 2. The number of halogens is 3. The quantitative estimate of drug-likeness (QED) is 0.615. The van der Waals surface area contributed by atoms with E-state index in [1.165, 1.54) is 14.2 Å². The number of hydrogen-bond acceptors (Lipinski definition) is 6. The fourth-order valence-electron chi connectivity index (χ4n) is 3.14. The Morgan fingerprint density at radius 3 is 2.50 bits per heavy atom. The first-order valence-corrected chi connectivity index (χ1v) is 9.88. The van der Waals surface area contributed by atoms with Gasteiger partial charge in [0.1, 0.15) is 9.71 Å². The van der Waals surface area contributed by atoms with Gasteiger partial charge in [0.15, 0.2) is 11.5 Å². The van der Waals surface area contributed by atoms with Gasteiger partial charge in [0, 0.05) is 17.0 Å². The number of hydrogen-bond donors (Lipinski definition) is 2. The highest BCUT2D eigenvalue weighted by atomic mass is 32.1. The van der Waals surface area contributed by atoms with Crippen molar-refractivity contribution in [3.05, 3.63) is 34.7 Å². The van der Waals surface area contributed by atoms with Gasteiger partial charge in [-0.2, -0.15) is 13.2 Å². The number of nitrogens with one attached hydrogen (secondary N) is 1. The van der Waals surface area contributed by atoms with Gasteiger partial charge in [0.2, 0.25) is 0 Å². The van der Waals surface area contributed by atoms with Crippen LogP contribution in [-0.2, 0) is 6.18 Å². The van der Waals surface area contributed by atoms with Crippen molar-refractivity contribution in [1.82, 2.24) is 10.3 Å². The first-order chi connectivity index (χ1) is 14.2. The Kier molecular flexibility index (Phi) is 4.97. The Hall–Kier alpha value is -3.01. The van der Waals surface area contributed by atoms with Gasteiger partial charge in [-0.1, -0.05) is 0 Å². The molecule has 2 aromatic heterocycles. The average Bonchev–Trinajstić information content (AvgIpc) is 3.47. The van der Waals surface area contributed by atoms with Crippen LogP contribution in [0.2, 0.25) is 0 Å². The normalized spacial score (nSPS) is 14.0. The van der Waals surface area contributed by atoms with Crippen LogP contribution in [0.3, 0.4) is 0 Å². The molecule has 158 valence electrons. The third kappa shape index (κ3) is 3.62. The van der Waals surface area contributed by atoms with Crippen LogP contribution in [-0.4, -0.2) is 31.2 Å². The zero-order chi connectivity index (χ0) is 21.6. The lowest BCUT2D eigenvalue weighted by atomic mass is 10.0. The highest BCUT2D eigenvalue weighted by Gasteiger charge is 2.37. The number of alkyl halides is 3. The van der Waals surface area contributed by atoms with E-state index in [9.17, 15) is 18.0 Å². The average molecular weight is 437 g/mol. The summed E-state index contributed by atoms with van der Waals surface area (Å²) in [4.78, 5) is 16.9. The number of fused-ring (bicyclic) bond motifs is 1. The number of anilines is 1. The molecule has 0 radical (unpaired) electrons. The van der Waals surface area contributed by atoms with E-state index in [0.717, 1.165) is 30.2 Å². The molecule has 1 aliphatic carbocycles. The summed E-state index contributed by atoms with van der Waals surface area (Å²) < 4.78 is 52.0. The van der Waals surface area contributed by atoms with Crippen molar-refractivity contribution < 1.29 is 27.4 Å². The number of nitrogen functional groups attached to an aromatic ring is 1. The lowest BCUT2D eigenvalue weighted by Crippen LogP contribution is -2.25. The molecule has 1 saturated carbocycles. The molecule has 0 spiro atoms. The molecule has 3 aromatic rings. The number of benzene rings is 1. The largest absolute Gasteiger partial charge is 0.493 e. The molecule has 0 unspecified atom stereocenters. The molecule has 30 heavy (non-hydrogen) atoms. The van der Waals surface area contributed by atoms with Gasteiger partial charge in [0.05, 0.1) is 31.2 Å². The fraction of sp³-hybridized carbons (Fsp3) is 0.300. The van der Waals surface area contributed by atoms with Gasteiger partial charge in [-0.05, 0) is 37.1 Å². The van der Waals surface area contributed by atoms with E-state index in [-0.39, 0.29) is 32.5 Å². The summed E-state index contributed by atoms with van der Waals surface area (Å²) in [6.07, 6.45) is -2.97. The van der Waals surface area contributed by atoms with Gasteiger partial charge in [-0.25, -0.2) is 4.98 Å². The van der Waals surface area contributed by atoms with Gasteiger partial charge in [-0.15, -0.1) is 11.3 Å². The van der Waals surface area contributed by atoms with Crippen molar-refractivity contribution in [2.75, 3.05) is 20.0 Å². The van der Waals surface area contributed by atoms with Crippen molar-refractivity contribution >= 4 is 33.1 Å². The molecule has 2 heterocycles. The van der Waals surface area contributed by atoms with Gasteiger partial charge in [0.25, 0.3) is 5.91 Å². The Morgan fingerprint density at radius 1 is 1.20 bits per heavy atom. The van der Waals surface area contributed by atoms with Gasteiger partial charge in [-0.3, -0.25) is 4.79 Å². The molecule has 0 saturated heterocycles. The molecule has 10 heteroatoms. The minimum Gasteiger partial charge on any atom is -0.493 e. The smallest absolute Gasteiger partial charge is 0.417 e. The number of rotatable bonds is 5. The standard InChI is InChI=1S/C20H18F3N3O3S/c1-28-13-6-3-9(7-14(13)29-2)12-8-11(20(21,22)23)15-16(24)17(30-19(15)26-12)18(27)25-10-4-5-10/h3,6-8,10H,4-5,24H2,1-2H3,(H,25,27). The fourth-order valence-corrected chi connectivity index (χ4v) is 4.16. The maximum atomic E-state index is 13.9. The number of thiophene rings is 1. The van der Waals surface area contributed by atoms with Gasteiger partial charge < -0.3 is 20.5 Å². The predicted octanol–water partition coefficient (Wildman–Crippen LogP) is 4.47. The molecular formula is C20H18F3N3O3S. The topological polar surface area (TPSA) is 86.5 Å². The predicted molar refractivity (Wildman–Crippen MR) is 108 cm³/mol. The van der Waals surface area contributed by atoms with Crippen LogP contribution in [0.5, 0.6) is 11.5 Å². The second-order valence-corrected chi connectivity index (χ2v) is 7.89. The molecule has 0 bridgehead atoms. The van der Waals surface area contributed by atoms with E-state index in [4.69, 9.17) is 15.2 Å². The zero-order valence-electron chi connectivity index (χ0n) is 16.1. The van der Waals surface area contributed by atoms with Crippen LogP contribution in [0.4, 0.5) is 18.9 Å². The number of ether oxygens (including phenoxy) is 2. The Labute approximate surface area is 173 Å². The summed E-state index contributed by atoms with van der Waals surface area (Å²) in [6.45, 7) is 0. The van der Waals surface area contributed by atoms with Crippen LogP contribution in [0, 0.1) is 0 Å². The third-order valence-corrected chi connectivity index (χ3v) is 5.90. The summed E-state index contributed by atoms with van der Waals surface area (Å²) in [7, 11) is 2.90. The molecule has 1 aliphatic rings. The number of nitrogens with zero attached hydrogens (tertiary/aromatic N) is 1. The molecule has 1 fully saturated rings. The molecule has 1 amide bonds. The van der Waals surface area contributed by atoms with Crippen LogP contribution >= 0.6 is 11.3 Å². The van der Waals surface area contributed by atoms with E-state index < -0.39 is 17.6 Å². The number of aromatic nitrogens is 1. The highest BCUT2D eigenvalue weighted by Crippen LogP contribution is 2.44. The lowest BCUT2D eigenvalue weighted by Gasteiger charge is -2.13. The molecule has 3 N–H and O–H groups in total. The lowest BCUT2D eigenvalue weighted by molar-refractivity contribution is -0.136. The zero-order valence-corrected chi connectivity index (χ0v) is 16.9. The number of carbonyl (C=O) groups is 1. The number of carbonyl (C=O) groups excluding carboxylic acids is 1. The molecule has 4 rings (SSSR count). The SMILES string of the molecule is COc1ccc(-c2cc(C(F)(F)F)c3c(N)c(C(=O)NC4CC4)sc3n2)cc1OC. The highest BCUT2D eigenvalue weighted by molar-refractivity contribution is 7.21. The first kappa shape index (κ1) is 20.3. The first-order valence-electron chi connectivity index (χ1n) is 9.06. The summed E-state index contributed by atoms with van der Waals surface area (Å²) >= 11 is 0.854. The van der Waals surface area contributed by atoms with Crippen LogP contribution < -0.4 is 20.5 Å². The summed E-state index contributed by atoms with van der Waals surface area (Å²) in [5.74, 6) is 0.331. The maximum Gasteiger partial charge on any atom is 0.417 e. The number of nitrogens with two attached hydrogens (primary N) is 1. The Balaban J connectivity index is 1.89. The number of pyridine rings is 1. The van der Waals surface area contributed by atoms with E-state index >= 15 is 0 Å². The van der Waals surface area contributed by atoms with Gasteiger partial charge >= 0.3 is 6.18 Å². The van der Waals surface area contributed by atoms with E-state index in [1.54, 1.807) is 18.2 Å². The monoisotopic (exact) mass is 437 g/mol. The molecular weight excluding hydrogens is 419 g/mol. The Morgan fingerprint density at radius 2 is 1.90 bits per heavy atom. The van der Waals surface area contributed by atoms with Crippen LogP contribution in [0.25, 0.3) is 21.5 Å². The second kappa shape index (κ2) is 7.35. The van der Waals surface area contributed by atoms with E-state index in [2.05, 4.69) is 10.3 Å².